The highest BCUT2D eigenvalue weighted by Crippen LogP contribution is 2.15. The minimum atomic E-state index is -3.77. The summed E-state index contributed by atoms with van der Waals surface area (Å²) in [5.74, 6) is -0.235. The SMILES string of the molecule is CCNCc1cc(S(=O)(=O)NCc2nn[nH]n2)ccc1F. The Balaban J connectivity index is 2.15. The second-order valence-corrected chi connectivity index (χ2v) is 5.95. The summed E-state index contributed by atoms with van der Waals surface area (Å²) in [4.78, 5) is -0.0136. The molecule has 0 radical (unpaired) electrons. The number of hydrogen-bond acceptors (Lipinski definition) is 6. The van der Waals surface area contributed by atoms with Gasteiger partial charge in [0.2, 0.25) is 10.0 Å². The molecule has 0 unspecified atom stereocenters. The van der Waals surface area contributed by atoms with Crippen LogP contribution in [0.15, 0.2) is 23.1 Å². The first-order valence-electron chi connectivity index (χ1n) is 6.24. The molecule has 2 rings (SSSR count). The van der Waals surface area contributed by atoms with Gasteiger partial charge in [-0.2, -0.15) is 5.21 Å². The Morgan fingerprint density at radius 1 is 1.33 bits per heavy atom. The molecule has 1 heterocycles. The summed E-state index contributed by atoms with van der Waals surface area (Å²) in [6, 6.07) is 3.65. The number of sulfonamides is 1. The monoisotopic (exact) mass is 314 g/mol. The van der Waals surface area contributed by atoms with Crippen molar-refractivity contribution < 1.29 is 12.8 Å². The highest BCUT2D eigenvalue weighted by atomic mass is 32.2. The maximum Gasteiger partial charge on any atom is 0.240 e. The van der Waals surface area contributed by atoms with Gasteiger partial charge in [0.1, 0.15) is 5.82 Å². The van der Waals surface area contributed by atoms with Crippen LogP contribution in [0.2, 0.25) is 0 Å². The van der Waals surface area contributed by atoms with E-state index in [9.17, 15) is 12.8 Å². The highest BCUT2D eigenvalue weighted by Gasteiger charge is 2.16. The molecular formula is C11H15FN6O2S. The molecule has 21 heavy (non-hydrogen) atoms. The second kappa shape index (κ2) is 6.70. The molecule has 0 atom stereocenters. The first kappa shape index (κ1) is 15.5. The van der Waals surface area contributed by atoms with Crippen molar-refractivity contribution in [2.45, 2.75) is 24.9 Å². The number of benzene rings is 1. The van der Waals surface area contributed by atoms with Crippen molar-refractivity contribution in [3.63, 3.8) is 0 Å². The van der Waals surface area contributed by atoms with Gasteiger partial charge in [-0.1, -0.05) is 12.1 Å². The molecule has 0 bridgehead atoms. The molecule has 3 N–H and O–H groups in total. The van der Waals surface area contributed by atoms with Crippen LogP contribution in [0.3, 0.4) is 0 Å². The van der Waals surface area contributed by atoms with Gasteiger partial charge in [-0.05, 0) is 24.7 Å². The van der Waals surface area contributed by atoms with Gasteiger partial charge in [-0.25, -0.2) is 17.5 Å². The Labute approximate surface area is 121 Å². The Morgan fingerprint density at radius 3 is 2.81 bits per heavy atom. The maximum absolute atomic E-state index is 13.6. The first-order chi connectivity index (χ1) is 10.0. The van der Waals surface area contributed by atoms with Crippen LogP contribution in [0.1, 0.15) is 18.3 Å². The smallest absolute Gasteiger partial charge is 0.240 e. The van der Waals surface area contributed by atoms with Crippen molar-refractivity contribution >= 4 is 10.0 Å². The standard InChI is InChI=1S/C11H15FN6O2S/c1-2-13-6-8-5-9(3-4-10(8)12)21(19,20)14-7-11-15-17-18-16-11/h3-5,13-14H,2,6-7H2,1H3,(H,15,16,17,18). The Bertz CT molecular complexity index is 689. The van der Waals surface area contributed by atoms with E-state index in [2.05, 4.69) is 30.7 Å². The lowest BCUT2D eigenvalue weighted by molar-refractivity contribution is 0.574. The summed E-state index contributed by atoms with van der Waals surface area (Å²) in [5, 5.41) is 15.8. The molecule has 1 aromatic heterocycles. The van der Waals surface area contributed by atoms with Crippen LogP contribution in [0, 0.1) is 5.82 Å². The highest BCUT2D eigenvalue weighted by molar-refractivity contribution is 7.89. The zero-order chi connectivity index (χ0) is 15.3. The lowest BCUT2D eigenvalue weighted by Crippen LogP contribution is -2.24. The lowest BCUT2D eigenvalue weighted by atomic mass is 10.2. The third-order valence-electron chi connectivity index (χ3n) is 2.70. The lowest BCUT2D eigenvalue weighted by Gasteiger charge is -2.08. The summed E-state index contributed by atoms with van der Waals surface area (Å²) in [6.45, 7) is 2.70. The first-order valence-corrected chi connectivity index (χ1v) is 7.72. The topological polar surface area (TPSA) is 113 Å². The van der Waals surface area contributed by atoms with Crippen LogP contribution < -0.4 is 10.0 Å². The number of hydrogen-bond donors (Lipinski definition) is 3. The summed E-state index contributed by atoms with van der Waals surface area (Å²) in [5.41, 5.74) is 0.291. The number of H-pyrrole nitrogens is 1. The summed E-state index contributed by atoms with van der Waals surface area (Å²) in [6.07, 6.45) is 0. The Morgan fingerprint density at radius 2 is 2.14 bits per heavy atom. The number of nitrogens with zero attached hydrogens (tertiary/aromatic N) is 3. The van der Waals surface area contributed by atoms with Gasteiger partial charge >= 0.3 is 0 Å². The van der Waals surface area contributed by atoms with Crippen molar-refractivity contribution in [3.05, 3.63) is 35.4 Å². The van der Waals surface area contributed by atoms with Crippen LogP contribution in [0.4, 0.5) is 4.39 Å². The fourth-order valence-electron chi connectivity index (χ4n) is 1.61. The summed E-state index contributed by atoms with van der Waals surface area (Å²) >= 11 is 0. The number of tetrazole rings is 1. The van der Waals surface area contributed by atoms with Crippen molar-refractivity contribution in [1.29, 1.82) is 0 Å². The molecule has 114 valence electrons. The van der Waals surface area contributed by atoms with Crippen LogP contribution in [-0.2, 0) is 23.1 Å². The Hall–Kier alpha value is -1.91. The second-order valence-electron chi connectivity index (χ2n) is 4.19. The van der Waals surface area contributed by atoms with Crippen molar-refractivity contribution in [2.75, 3.05) is 6.54 Å². The number of aromatic amines is 1. The van der Waals surface area contributed by atoms with E-state index in [1.165, 1.54) is 12.1 Å². The molecule has 1 aromatic carbocycles. The third-order valence-corrected chi connectivity index (χ3v) is 4.10. The molecule has 0 spiro atoms. The third kappa shape index (κ3) is 4.03. The van der Waals surface area contributed by atoms with Gasteiger partial charge < -0.3 is 5.32 Å². The van der Waals surface area contributed by atoms with E-state index in [0.29, 0.717) is 12.1 Å². The molecule has 0 amide bonds. The summed E-state index contributed by atoms with van der Waals surface area (Å²) in [7, 11) is -3.77. The largest absolute Gasteiger partial charge is 0.313 e. The molecule has 0 aliphatic carbocycles. The van der Waals surface area contributed by atoms with Gasteiger partial charge in [0.05, 0.1) is 11.4 Å². The van der Waals surface area contributed by atoms with Gasteiger partial charge in [0.25, 0.3) is 0 Å². The minimum absolute atomic E-state index is 0.0136. The van der Waals surface area contributed by atoms with E-state index in [0.717, 1.165) is 6.07 Å². The van der Waals surface area contributed by atoms with E-state index in [4.69, 9.17) is 0 Å². The zero-order valence-corrected chi connectivity index (χ0v) is 12.1. The predicted octanol–water partition coefficient (Wildman–Crippen LogP) is -0.0732. The Kier molecular flexibility index (Phi) is 4.94. The van der Waals surface area contributed by atoms with Gasteiger partial charge in [-0.15, -0.1) is 10.2 Å². The average molecular weight is 314 g/mol. The molecule has 0 saturated carbocycles. The van der Waals surface area contributed by atoms with Gasteiger partial charge in [0, 0.05) is 12.1 Å². The average Bonchev–Trinajstić information content (AvgIpc) is 2.97. The van der Waals surface area contributed by atoms with Crippen molar-refractivity contribution in [3.8, 4) is 0 Å². The van der Waals surface area contributed by atoms with E-state index < -0.39 is 15.8 Å². The molecular weight excluding hydrogens is 299 g/mol. The minimum Gasteiger partial charge on any atom is -0.313 e. The van der Waals surface area contributed by atoms with Crippen LogP contribution in [0.5, 0.6) is 0 Å². The number of rotatable bonds is 7. The zero-order valence-electron chi connectivity index (χ0n) is 11.3. The van der Waals surface area contributed by atoms with E-state index in [1.54, 1.807) is 0 Å². The fourth-order valence-corrected chi connectivity index (χ4v) is 2.64. The fraction of sp³-hybridized carbons (Fsp3) is 0.364. The number of aromatic nitrogens is 4. The normalized spacial score (nSPS) is 11.7. The van der Waals surface area contributed by atoms with E-state index in [1.807, 2.05) is 6.92 Å². The molecule has 0 aliphatic rings. The van der Waals surface area contributed by atoms with Crippen LogP contribution >= 0.6 is 0 Å². The van der Waals surface area contributed by atoms with Gasteiger partial charge in [-0.3, -0.25) is 0 Å². The molecule has 0 fully saturated rings. The maximum atomic E-state index is 13.6. The molecule has 0 aliphatic heterocycles. The van der Waals surface area contributed by atoms with Crippen LogP contribution in [0.25, 0.3) is 0 Å². The predicted molar refractivity (Wildman–Crippen MR) is 72.0 cm³/mol. The van der Waals surface area contributed by atoms with Crippen molar-refractivity contribution in [2.24, 2.45) is 0 Å². The number of nitrogens with one attached hydrogen (secondary N) is 3. The van der Waals surface area contributed by atoms with Gasteiger partial charge in [0.15, 0.2) is 5.82 Å². The molecule has 10 heteroatoms. The van der Waals surface area contributed by atoms with Crippen molar-refractivity contribution in [1.82, 2.24) is 30.7 Å². The number of halogens is 1. The van der Waals surface area contributed by atoms with E-state index in [-0.39, 0.29) is 23.8 Å². The van der Waals surface area contributed by atoms with E-state index >= 15 is 0 Å². The molecule has 0 saturated heterocycles. The quantitative estimate of drug-likeness (QED) is 0.659. The molecule has 2 aromatic rings. The van der Waals surface area contributed by atoms with Crippen LogP contribution in [-0.4, -0.2) is 35.6 Å². The summed E-state index contributed by atoms with van der Waals surface area (Å²) < 4.78 is 40.2. The molecule has 8 nitrogen and oxygen atoms in total.